The van der Waals surface area contributed by atoms with Crippen molar-refractivity contribution >= 4 is 17.8 Å². The van der Waals surface area contributed by atoms with Crippen LogP contribution in [-0.4, -0.2) is 41.4 Å². The van der Waals surface area contributed by atoms with Crippen LogP contribution in [-0.2, 0) is 27.3 Å². The lowest BCUT2D eigenvalue weighted by atomic mass is 9.93. The molecular formula is C26H30N2O4. The van der Waals surface area contributed by atoms with Crippen LogP contribution in [0.2, 0.25) is 0 Å². The van der Waals surface area contributed by atoms with Crippen LogP contribution in [0.25, 0.3) is 0 Å². The van der Waals surface area contributed by atoms with Crippen LogP contribution >= 0.6 is 0 Å². The molecule has 1 fully saturated rings. The molecule has 0 aromatic heterocycles. The fraction of sp³-hybridized carbons (Fsp3) is 0.423. The summed E-state index contributed by atoms with van der Waals surface area (Å²) in [5, 5.41) is 3.00. The van der Waals surface area contributed by atoms with E-state index in [1.54, 1.807) is 29.2 Å². The zero-order chi connectivity index (χ0) is 22.3. The molecule has 0 saturated heterocycles. The lowest BCUT2D eigenvalue weighted by Crippen LogP contribution is -2.50. The van der Waals surface area contributed by atoms with E-state index in [1.807, 2.05) is 30.3 Å². The third-order valence-electron chi connectivity index (χ3n) is 6.37. The maximum Gasteiger partial charge on any atom is 0.329 e. The topological polar surface area (TPSA) is 75.7 Å². The van der Waals surface area contributed by atoms with Crippen molar-refractivity contribution in [3.63, 3.8) is 0 Å². The molecule has 1 aliphatic carbocycles. The smallest absolute Gasteiger partial charge is 0.329 e. The number of amides is 2. The van der Waals surface area contributed by atoms with Gasteiger partial charge in [0.2, 0.25) is 0 Å². The second-order valence-electron chi connectivity index (χ2n) is 8.65. The predicted molar refractivity (Wildman–Crippen MR) is 121 cm³/mol. The highest BCUT2D eigenvalue weighted by molar-refractivity contribution is 5.97. The molecule has 0 unspecified atom stereocenters. The van der Waals surface area contributed by atoms with E-state index < -0.39 is 12.0 Å². The SMILES string of the molecule is O=C(COC(=O)[C@@H]1Cc2ccccc2CN1C(=O)c1ccccc1)NC1CCCCCC1. The Morgan fingerprint density at radius 1 is 0.875 bits per heavy atom. The van der Waals surface area contributed by atoms with Crippen molar-refractivity contribution in [1.82, 2.24) is 10.2 Å². The minimum absolute atomic E-state index is 0.154. The molecule has 1 atom stereocenters. The minimum atomic E-state index is -0.761. The largest absolute Gasteiger partial charge is 0.454 e. The fourth-order valence-electron chi connectivity index (χ4n) is 4.62. The van der Waals surface area contributed by atoms with E-state index >= 15 is 0 Å². The number of carbonyl (C=O) groups is 3. The molecule has 6 heteroatoms. The molecule has 0 spiro atoms. The van der Waals surface area contributed by atoms with E-state index in [-0.39, 0.29) is 24.5 Å². The van der Waals surface area contributed by atoms with Gasteiger partial charge in [-0.15, -0.1) is 0 Å². The molecule has 2 aromatic carbocycles. The molecular weight excluding hydrogens is 404 g/mol. The number of nitrogens with zero attached hydrogens (tertiary/aromatic N) is 1. The molecule has 168 valence electrons. The van der Waals surface area contributed by atoms with Gasteiger partial charge in [-0.3, -0.25) is 9.59 Å². The number of hydrogen-bond acceptors (Lipinski definition) is 4. The first-order valence-corrected chi connectivity index (χ1v) is 11.5. The monoisotopic (exact) mass is 434 g/mol. The highest BCUT2D eigenvalue weighted by Crippen LogP contribution is 2.26. The summed E-state index contributed by atoms with van der Waals surface area (Å²) in [5.41, 5.74) is 2.57. The van der Waals surface area contributed by atoms with Gasteiger partial charge >= 0.3 is 5.97 Å². The summed E-state index contributed by atoms with van der Waals surface area (Å²) in [7, 11) is 0. The van der Waals surface area contributed by atoms with Gasteiger partial charge in [0.1, 0.15) is 6.04 Å². The number of rotatable bonds is 5. The molecule has 2 aliphatic rings. The van der Waals surface area contributed by atoms with Crippen LogP contribution in [0.3, 0.4) is 0 Å². The maximum atomic E-state index is 13.2. The number of carbonyl (C=O) groups excluding carboxylic acids is 3. The van der Waals surface area contributed by atoms with Crippen molar-refractivity contribution in [2.24, 2.45) is 0 Å². The number of ether oxygens (including phenoxy) is 1. The Labute approximate surface area is 188 Å². The highest BCUT2D eigenvalue weighted by atomic mass is 16.5. The molecule has 2 aromatic rings. The lowest BCUT2D eigenvalue weighted by Gasteiger charge is -2.35. The van der Waals surface area contributed by atoms with Gasteiger partial charge in [0, 0.05) is 24.6 Å². The molecule has 0 bridgehead atoms. The summed E-state index contributed by atoms with van der Waals surface area (Å²) in [5.74, 6) is -1.04. The van der Waals surface area contributed by atoms with Crippen LogP contribution < -0.4 is 5.32 Å². The third kappa shape index (κ3) is 5.36. The van der Waals surface area contributed by atoms with Gasteiger partial charge in [-0.25, -0.2) is 4.79 Å². The Kier molecular flexibility index (Phi) is 7.20. The maximum absolute atomic E-state index is 13.2. The average molecular weight is 435 g/mol. The zero-order valence-corrected chi connectivity index (χ0v) is 18.3. The van der Waals surface area contributed by atoms with Crippen molar-refractivity contribution in [3.05, 3.63) is 71.3 Å². The van der Waals surface area contributed by atoms with Crippen molar-refractivity contribution in [1.29, 1.82) is 0 Å². The van der Waals surface area contributed by atoms with E-state index in [0.29, 0.717) is 18.5 Å². The second kappa shape index (κ2) is 10.4. The van der Waals surface area contributed by atoms with Crippen molar-refractivity contribution in [3.8, 4) is 0 Å². The lowest BCUT2D eigenvalue weighted by molar-refractivity contribution is -0.153. The summed E-state index contributed by atoms with van der Waals surface area (Å²) in [6, 6.07) is 16.1. The molecule has 4 rings (SSSR count). The quantitative estimate of drug-likeness (QED) is 0.576. The average Bonchev–Trinajstić information content (AvgIpc) is 3.10. The first-order chi connectivity index (χ1) is 15.6. The number of benzene rings is 2. The minimum Gasteiger partial charge on any atom is -0.454 e. The molecule has 1 aliphatic heterocycles. The van der Waals surface area contributed by atoms with Gasteiger partial charge in [0.15, 0.2) is 6.61 Å². The van der Waals surface area contributed by atoms with Gasteiger partial charge < -0.3 is 15.0 Å². The summed E-state index contributed by atoms with van der Waals surface area (Å²) in [6.45, 7) is 0.0127. The predicted octanol–water partition coefficient (Wildman–Crippen LogP) is 3.64. The summed E-state index contributed by atoms with van der Waals surface area (Å²) in [4.78, 5) is 40.1. The third-order valence-corrected chi connectivity index (χ3v) is 6.37. The van der Waals surface area contributed by atoms with Crippen LogP contribution in [0.15, 0.2) is 54.6 Å². The van der Waals surface area contributed by atoms with Gasteiger partial charge in [-0.05, 0) is 36.1 Å². The molecule has 0 radical (unpaired) electrons. The van der Waals surface area contributed by atoms with E-state index in [1.165, 1.54) is 12.8 Å². The first-order valence-electron chi connectivity index (χ1n) is 11.5. The highest BCUT2D eigenvalue weighted by Gasteiger charge is 2.36. The Bertz CT molecular complexity index is 951. The van der Waals surface area contributed by atoms with Crippen LogP contribution in [0.5, 0.6) is 0 Å². The van der Waals surface area contributed by atoms with Crippen LogP contribution in [0.4, 0.5) is 0 Å². The second-order valence-corrected chi connectivity index (χ2v) is 8.65. The van der Waals surface area contributed by atoms with Crippen molar-refractivity contribution < 1.29 is 19.1 Å². The summed E-state index contributed by atoms with van der Waals surface area (Å²) >= 11 is 0. The Balaban J connectivity index is 1.43. The van der Waals surface area contributed by atoms with Crippen LogP contribution in [0, 0.1) is 0 Å². The zero-order valence-electron chi connectivity index (χ0n) is 18.3. The molecule has 6 nitrogen and oxygen atoms in total. The Morgan fingerprint density at radius 2 is 1.53 bits per heavy atom. The van der Waals surface area contributed by atoms with Gasteiger partial charge in [0.25, 0.3) is 11.8 Å². The number of hydrogen-bond donors (Lipinski definition) is 1. The molecule has 1 N–H and O–H groups in total. The fourth-order valence-corrected chi connectivity index (χ4v) is 4.62. The van der Waals surface area contributed by atoms with E-state index in [2.05, 4.69) is 5.32 Å². The Hall–Kier alpha value is -3.15. The molecule has 32 heavy (non-hydrogen) atoms. The normalized spacial score (nSPS) is 18.9. The molecule has 1 saturated carbocycles. The standard InChI is InChI=1S/C26H30N2O4/c29-24(27-22-14-6-1-2-7-15-22)18-32-26(31)23-16-20-12-8-9-13-21(20)17-28(23)25(30)19-10-4-3-5-11-19/h3-5,8-13,22-23H,1-2,6-7,14-18H2,(H,27,29)/t23-/m0/s1. The number of esters is 1. The summed E-state index contributed by atoms with van der Waals surface area (Å²) < 4.78 is 5.40. The van der Waals surface area contributed by atoms with Crippen LogP contribution in [0.1, 0.15) is 60.0 Å². The number of nitrogens with one attached hydrogen (secondary N) is 1. The van der Waals surface area contributed by atoms with E-state index in [4.69, 9.17) is 4.74 Å². The summed E-state index contributed by atoms with van der Waals surface area (Å²) in [6.07, 6.45) is 6.95. The van der Waals surface area contributed by atoms with Gasteiger partial charge in [0.05, 0.1) is 0 Å². The van der Waals surface area contributed by atoms with E-state index in [9.17, 15) is 14.4 Å². The first kappa shape index (κ1) is 22.1. The van der Waals surface area contributed by atoms with E-state index in [0.717, 1.165) is 36.8 Å². The van der Waals surface area contributed by atoms with Crippen molar-refractivity contribution in [2.45, 2.75) is 63.6 Å². The van der Waals surface area contributed by atoms with Gasteiger partial charge in [-0.2, -0.15) is 0 Å². The van der Waals surface area contributed by atoms with Crippen molar-refractivity contribution in [2.75, 3.05) is 6.61 Å². The van der Waals surface area contributed by atoms with Gasteiger partial charge in [-0.1, -0.05) is 68.1 Å². The molecule has 2 amide bonds. The molecule has 1 heterocycles. The Morgan fingerprint density at radius 3 is 2.25 bits per heavy atom. The number of fused-ring (bicyclic) bond motifs is 1.